The van der Waals surface area contributed by atoms with Crippen LogP contribution in [0.15, 0.2) is 29.4 Å². The van der Waals surface area contributed by atoms with Gasteiger partial charge in [0.2, 0.25) is 11.8 Å². The molecule has 1 aromatic rings. The highest BCUT2D eigenvalue weighted by atomic mass is 16.4. The number of aliphatic carboxylic acids is 1. The molecule has 26 heavy (non-hydrogen) atoms. The Morgan fingerprint density at radius 3 is 2.65 bits per heavy atom. The molecule has 1 aliphatic rings. The van der Waals surface area contributed by atoms with Crippen molar-refractivity contribution in [1.29, 1.82) is 0 Å². The van der Waals surface area contributed by atoms with Gasteiger partial charge < -0.3 is 16.2 Å². The van der Waals surface area contributed by atoms with Crippen LogP contribution in [0.1, 0.15) is 38.2 Å². The number of carboxylic acids is 1. The molecule has 0 fully saturated rings. The Hall–Kier alpha value is -2.90. The summed E-state index contributed by atoms with van der Waals surface area (Å²) in [7, 11) is 0. The fraction of sp³-hybridized carbons (Fsp3) is 0.444. The molecule has 1 unspecified atom stereocenters. The van der Waals surface area contributed by atoms with Crippen molar-refractivity contribution in [2.75, 3.05) is 18.8 Å². The van der Waals surface area contributed by atoms with Crippen molar-refractivity contribution in [2.45, 2.75) is 32.6 Å². The highest BCUT2D eigenvalue weighted by Gasteiger charge is 2.26. The lowest BCUT2D eigenvalue weighted by molar-refractivity contribution is -0.139. The van der Waals surface area contributed by atoms with Crippen LogP contribution < -0.4 is 11.1 Å². The Morgan fingerprint density at radius 1 is 1.31 bits per heavy atom. The molecule has 0 bridgehead atoms. The predicted molar refractivity (Wildman–Crippen MR) is 97.4 cm³/mol. The minimum atomic E-state index is -1.00. The lowest BCUT2D eigenvalue weighted by atomic mass is 9.93. The molecule has 2 amide bonds. The van der Waals surface area contributed by atoms with Crippen molar-refractivity contribution in [2.24, 2.45) is 11.0 Å². The van der Waals surface area contributed by atoms with Crippen molar-refractivity contribution >= 4 is 29.2 Å². The Morgan fingerprint density at radius 2 is 2.00 bits per heavy atom. The van der Waals surface area contributed by atoms with Crippen LogP contribution >= 0.6 is 0 Å². The maximum Gasteiger partial charge on any atom is 0.303 e. The van der Waals surface area contributed by atoms with E-state index in [1.807, 2.05) is 19.1 Å². The Bertz CT molecular complexity index is 700. The number of carboxylic acid groups (broad SMARTS) is 1. The number of nitrogens with one attached hydrogen (secondary N) is 1. The fourth-order valence-electron chi connectivity index (χ4n) is 2.68. The summed E-state index contributed by atoms with van der Waals surface area (Å²) >= 11 is 0. The highest BCUT2D eigenvalue weighted by molar-refractivity contribution is 6.05. The Balaban J connectivity index is 1.89. The zero-order chi connectivity index (χ0) is 19.1. The lowest BCUT2D eigenvalue weighted by Crippen LogP contribution is -2.38. The van der Waals surface area contributed by atoms with E-state index in [0.29, 0.717) is 31.6 Å². The topological polar surface area (TPSA) is 125 Å². The number of rotatable bonds is 8. The molecule has 8 nitrogen and oxygen atoms in total. The van der Waals surface area contributed by atoms with Crippen molar-refractivity contribution in [3.05, 3.63) is 29.8 Å². The third-order valence-corrected chi connectivity index (χ3v) is 4.11. The fourth-order valence-corrected chi connectivity index (χ4v) is 2.68. The van der Waals surface area contributed by atoms with Gasteiger partial charge in [0.05, 0.1) is 12.1 Å². The molecule has 8 heteroatoms. The molecule has 2 rings (SSSR count). The molecule has 1 aromatic carbocycles. The molecule has 0 aliphatic carbocycles. The summed E-state index contributed by atoms with van der Waals surface area (Å²) in [5.74, 6) is -1.33. The van der Waals surface area contributed by atoms with Gasteiger partial charge >= 0.3 is 5.97 Å². The summed E-state index contributed by atoms with van der Waals surface area (Å²) in [6.07, 6.45) is 0.685. The van der Waals surface area contributed by atoms with Gasteiger partial charge in [0.15, 0.2) is 0 Å². The van der Waals surface area contributed by atoms with Gasteiger partial charge in [0.1, 0.15) is 0 Å². The van der Waals surface area contributed by atoms with E-state index >= 15 is 0 Å². The quantitative estimate of drug-likeness (QED) is 0.475. The molecule has 1 heterocycles. The molecular formula is C18H24N4O4. The van der Waals surface area contributed by atoms with Gasteiger partial charge in [0.25, 0.3) is 0 Å². The molecule has 4 N–H and O–H groups in total. The summed E-state index contributed by atoms with van der Waals surface area (Å²) in [4.78, 5) is 34.1. The second kappa shape index (κ2) is 8.98. The summed E-state index contributed by atoms with van der Waals surface area (Å²) in [6.45, 7) is 2.72. The highest BCUT2D eigenvalue weighted by Crippen LogP contribution is 2.21. The standard InChI is InChI=1S/C18H24N4O4/c1-12-11-16(24)22(10-2-9-20-15(23)7-8-17(25)26)21-18(12)13-3-5-14(19)6-4-13/h3-6,12H,2,7-11,19H2,1H3,(H,20,23)(H,25,26). The van der Waals surface area contributed by atoms with Crippen molar-refractivity contribution in [3.8, 4) is 0 Å². The van der Waals surface area contributed by atoms with Crippen LogP contribution in [0, 0.1) is 5.92 Å². The summed E-state index contributed by atoms with van der Waals surface area (Å²) < 4.78 is 0. The van der Waals surface area contributed by atoms with Crippen molar-refractivity contribution in [1.82, 2.24) is 10.3 Å². The van der Waals surface area contributed by atoms with Gasteiger partial charge in [0, 0.05) is 37.5 Å². The minimum absolute atomic E-state index is 0.0260. The number of carbonyl (C=O) groups is 3. The third kappa shape index (κ3) is 5.58. The number of nitrogens with two attached hydrogens (primary N) is 1. The molecule has 0 saturated carbocycles. The van der Waals surface area contributed by atoms with Gasteiger partial charge in [-0.3, -0.25) is 14.4 Å². The van der Waals surface area contributed by atoms with Crippen LogP contribution in [-0.4, -0.2) is 46.7 Å². The maximum absolute atomic E-state index is 12.2. The van der Waals surface area contributed by atoms with Gasteiger partial charge in [-0.1, -0.05) is 19.1 Å². The van der Waals surface area contributed by atoms with Gasteiger partial charge in [-0.05, 0) is 24.1 Å². The Kier molecular flexibility index (Phi) is 6.71. The Labute approximate surface area is 152 Å². The predicted octanol–water partition coefficient (Wildman–Crippen LogP) is 1.21. The smallest absolute Gasteiger partial charge is 0.303 e. The minimum Gasteiger partial charge on any atom is -0.481 e. The normalized spacial score (nSPS) is 17.0. The first-order valence-electron chi connectivity index (χ1n) is 8.60. The molecule has 0 spiro atoms. The SMILES string of the molecule is CC1CC(=O)N(CCCNC(=O)CCC(=O)O)N=C1c1ccc(N)cc1. The number of carbonyl (C=O) groups excluding carboxylic acids is 2. The maximum atomic E-state index is 12.2. The number of nitrogens with zero attached hydrogens (tertiary/aromatic N) is 2. The first kappa shape index (κ1) is 19.4. The van der Waals surface area contributed by atoms with Crippen molar-refractivity contribution in [3.63, 3.8) is 0 Å². The summed E-state index contributed by atoms with van der Waals surface area (Å²) in [5.41, 5.74) is 8.16. The number of amides is 2. The number of benzene rings is 1. The molecule has 0 radical (unpaired) electrons. The molecule has 0 aromatic heterocycles. The van der Waals surface area contributed by atoms with E-state index < -0.39 is 5.97 Å². The average Bonchev–Trinajstić information content (AvgIpc) is 2.59. The molecule has 140 valence electrons. The van der Waals surface area contributed by atoms with Crippen LogP contribution in [0.5, 0.6) is 0 Å². The lowest BCUT2D eigenvalue weighted by Gasteiger charge is -2.27. The van der Waals surface area contributed by atoms with Crippen LogP contribution in [0.2, 0.25) is 0 Å². The number of anilines is 1. The van der Waals surface area contributed by atoms with E-state index in [4.69, 9.17) is 10.8 Å². The molecule has 1 atom stereocenters. The third-order valence-electron chi connectivity index (χ3n) is 4.11. The average molecular weight is 360 g/mol. The second-order valence-corrected chi connectivity index (χ2v) is 6.33. The van der Waals surface area contributed by atoms with E-state index in [2.05, 4.69) is 10.4 Å². The van der Waals surface area contributed by atoms with E-state index in [1.165, 1.54) is 5.01 Å². The second-order valence-electron chi connectivity index (χ2n) is 6.33. The van der Waals surface area contributed by atoms with Crippen LogP contribution in [-0.2, 0) is 14.4 Å². The molecule has 0 saturated heterocycles. The number of nitrogen functional groups attached to an aromatic ring is 1. The number of hydrogen-bond donors (Lipinski definition) is 3. The summed E-state index contributed by atoms with van der Waals surface area (Å²) in [5, 5.41) is 17.1. The number of hydrogen-bond acceptors (Lipinski definition) is 5. The van der Waals surface area contributed by atoms with Crippen LogP contribution in [0.3, 0.4) is 0 Å². The first-order chi connectivity index (χ1) is 12.4. The van der Waals surface area contributed by atoms with Gasteiger partial charge in [-0.15, -0.1) is 0 Å². The largest absolute Gasteiger partial charge is 0.481 e. The summed E-state index contributed by atoms with van der Waals surface area (Å²) in [6, 6.07) is 7.39. The van der Waals surface area contributed by atoms with Crippen molar-refractivity contribution < 1.29 is 19.5 Å². The number of hydrazone groups is 1. The van der Waals surface area contributed by atoms with E-state index in [0.717, 1.165) is 11.3 Å². The van der Waals surface area contributed by atoms with E-state index in [-0.39, 0.29) is 30.6 Å². The van der Waals surface area contributed by atoms with E-state index in [9.17, 15) is 14.4 Å². The van der Waals surface area contributed by atoms with Gasteiger partial charge in [-0.25, -0.2) is 5.01 Å². The van der Waals surface area contributed by atoms with E-state index in [1.54, 1.807) is 12.1 Å². The van der Waals surface area contributed by atoms with Crippen LogP contribution in [0.4, 0.5) is 5.69 Å². The zero-order valence-electron chi connectivity index (χ0n) is 14.8. The monoisotopic (exact) mass is 360 g/mol. The van der Waals surface area contributed by atoms with Crippen LogP contribution in [0.25, 0.3) is 0 Å². The van der Waals surface area contributed by atoms with Gasteiger partial charge in [-0.2, -0.15) is 5.10 Å². The first-order valence-corrected chi connectivity index (χ1v) is 8.60. The molecular weight excluding hydrogens is 336 g/mol. The molecule has 1 aliphatic heterocycles. The zero-order valence-corrected chi connectivity index (χ0v) is 14.8.